The van der Waals surface area contributed by atoms with Crippen molar-refractivity contribution in [3.05, 3.63) is 48.0 Å². The van der Waals surface area contributed by atoms with Gasteiger partial charge in [-0.1, -0.05) is 81.0 Å². The molecule has 0 heterocycles. The van der Waals surface area contributed by atoms with Gasteiger partial charge in [0.1, 0.15) is 12.2 Å². The van der Waals surface area contributed by atoms with Crippen molar-refractivity contribution < 1.29 is 14.9 Å². The zero-order chi connectivity index (χ0) is 22.9. The molecule has 0 unspecified atom stereocenters. The normalized spacial score (nSPS) is 49.2. The van der Waals surface area contributed by atoms with Crippen molar-refractivity contribution in [2.24, 2.45) is 40.4 Å². The Bertz CT molecular complexity index is 1010. The number of aliphatic hydroxyl groups is 2. The van der Waals surface area contributed by atoms with Crippen LogP contribution in [0.3, 0.4) is 0 Å². The van der Waals surface area contributed by atoms with Gasteiger partial charge in [0.25, 0.3) is 0 Å². The summed E-state index contributed by atoms with van der Waals surface area (Å²) in [6, 6.07) is 10.2. The lowest BCUT2D eigenvalue weighted by molar-refractivity contribution is -0.163. The lowest BCUT2D eigenvalue weighted by Crippen LogP contribution is -2.61. The number of hydrogen-bond donors (Lipinski definition) is 2. The van der Waals surface area contributed by atoms with Crippen LogP contribution in [0, 0.1) is 52.3 Å². The van der Waals surface area contributed by atoms with Gasteiger partial charge in [0, 0.05) is 16.7 Å². The fourth-order valence-corrected chi connectivity index (χ4v) is 8.84. The molecule has 3 nitrogen and oxygen atoms in total. The Balaban J connectivity index is 1.23. The molecule has 0 aromatic heterocycles. The monoisotopic (exact) mass is 446 g/mol. The van der Waals surface area contributed by atoms with Gasteiger partial charge in [0.15, 0.2) is 0 Å². The molecule has 1 aromatic rings. The average molecular weight is 447 g/mol. The molecule has 176 valence electrons. The molecule has 6 rings (SSSR count). The molecular formula is C30H38O3. The number of ether oxygens (including phenoxy) is 1. The number of benzene rings is 1. The van der Waals surface area contributed by atoms with Gasteiger partial charge in [-0.05, 0) is 61.3 Å². The molecule has 2 N–H and O–H groups in total. The molecular weight excluding hydrogens is 408 g/mol. The Morgan fingerprint density at radius 2 is 1.79 bits per heavy atom. The van der Waals surface area contributed by atoms with E-state index in [9.17, 15) is 10.2 Å². The molecule has 1 aromatic carbocycles. The first-order valence-electron chi connectivity index (χ1n) is 13.1. The predicted molar refractivity (Wildman–Crippen MR) is 129 cm³/mol. The SMILES string of the molecule is C[C@]12CC[C@H]3[C@@H](C=C[C@]4(O)CCCC[C@]34C)[C@@H]1[C@@H]1C[C@@H]1[C@@]2(O)C#CCOCc1ccccc1. The molecule has 4 saturated carbocycles. The second kappa shape index (κ2) is 7.45. The molecule has 0 aliphatic heterocycles. The molecule has 0 radical (unpaired) electrons. The quantitative estimate of drug-likeness (QED) is 0.385. The number of rotatable bonds is 3. The predicted octanol–water partition coefficient (Wildman–Crippen LogP) is 5.12. The van der Waals surface area contributed by atoms with Crippen molar-refractivity contribution in [1.29, 1.82) is 0 Å². The minimum atomic E-state index is -0.918. The molecule has 9 atom stereocenters. The zero-order valence-corrected chi connectivity index (χ0v) is 20.1. The molecule has 0 amide bonds. The standard InChI is InChI=1S/C30H38O3/c1-27-13-6-7-14-29(27,31)17-11-22-24(27)12-16-28(2)26(22)23-19-25(23)30(28,32)15-8-18-33-20-21-9-4-3-5-10-21/h3-5,9-11,17,22-26,31-32H,6-7,12-14,16,18-20H2,1-2H3/t22-,23-,24+,25+,26-,27-,28+,29-,30+/m1/s1. The van der Waals surface area contributed by atoms with Crippen molar-refractivity contribution in [1.82, 2.24) is 0 Å². The van der Waals surface area contributed by atoms with Crippen LogP contribution < -0.4 is 0 Å². The van der Waals surface area contributed by atoms with Gasteiger partial charge in [-0.25, -0.2) is 0 Å². The third-order valence-electron chi connectivity index (χ3n) is 10.8. The third kappa shape index (κ3) is 3.00. The van der Waals surface area contributed by atoms with Crippen LogP contribution in [-0.4, -0.2) is 28.0 Å². The van der Waals surface area contributed by atoms with Gasteiger partial charge in [0.2, 0.25) is 0 Å². The van der Waals surface area contributed by atoms with E-state index in [4.69, 9.17) is 4.74 Å². The van der Waals surface area contributed by atoms with Gasteiger partial charge < -0.3 is 14.9 Å². The van der Waals surface area contributed by atoms with Crippen molar-refractivity contribution in [3.8, 4) is 11.8 Å². The van der Waals surface area contributed by atoms with E-state index in [-0.39, 0.29) is 10.8 Å². The molecule has 33 heavy (non-hydrogen) atoms. The van der Waals surface area contributed by atoms with E-state index in [1.165, 1.54) is 6.42 Å². The molecule has 5 aliphatic carbocycles. The Labute approximate surface area is 198 Å². The number of allylic oxidation sites excluding steroid dienone is 1. The maximum Gasteiger partial charge on any atom is 0.134 e. The fraction of sp³-hybridized carbons (Fsp3) is 0.667. The van der Waals surface area contributed by atoms with Gasteiger partial charge >= 0.3 is 0 Å². The molecule has 0 bridgehead atoms. The highest BCUT2D eigenvalue weighted by molar-refractivity contribution is 5.36. The fourth-order valence-electron chi connectivity index (χ4n) is 8.84. The van der Waals surface area contributed by atoms with Crippen LogP contribution in [0.1, 0.15) is 64.4 Å². The summed E-state index contributed by atoms with van der Waals surface area (Å²) in [5.41, 5.74) is -0.633. The molecule has 0 spiro atoms. The minimum Gasteiger partial charge on any atom is -0.385 e. The van der Waals surface area contributed by atoms with Gasteiger partial charge in [0.05, 0.1) is 12.2 Å². The zero-order valence-electron chi connectivity index (χ0n) is 20.1. The third-order valence-corrected chi connectivity index (χ3v) is 10.8. The second-order valence-corrected chi connectivity index (χ2v) is 12.1. The molecule has 3 heteroatoms. The molecule has 0 saturated heterocycles. The summed E-state index contributed by atoms with van der Waals surface area (Å²) >= 11 is 0. The van der Waals surface area contributed by atoms with E-state index < -0.39 is 11.2 Å². The maximum absolute atomic E-state index is 12.0. The molecule has 4 fully saturated rings. The maximum atomic E-state index is 12.0. The lowest BCUT2D eigenvalue weighted by Gasteiger charge is -2.62. The first-order chi connectivity index (χ1) is 15.8. The van der Waals surface area contributed by atoms with Crippen LogP contribution in [-0.2, 0) is 11.3 Å². The Hall–Kier alpha value is -1.60. The van der Waals surface area contributed by atoms with Crippen LogP contribution in [0.25, 0.3) is 0 Å². The van der Waals surface area contributed by atoms with Crippen LogP contribution >= 0.6 is 0 Å². The summed E-state index contributed by atoms with van der Waals surface area (Å²) < 4.78 is 5.79. The van der Waals surface area contributed by atoms with Crippen molar-refractivity contribution in [2.45, 2.75) is 76.6 Å². The van der Waals surface area contributed by atoms with E-state index in [1.54, 1.807) is 0 Å². The first kappa shape index (κ1) is 21.9. The summed E-state index contributed by atoms with van der Waals surface area (Å²) in [4.78, 5) is 0. The van der Waals surface area contributed by atoms with Gasteiger partial charge in [-0.15, -0.1) is 0 Å². The summed E-state index contributed by atoms with van der Waals surface area (Å²) in [5.74, 6) is 8.84. The van der Waals surface area contributed by atoms with E-state index >= 15 is 0 Å². The summed E-state index contributed by atoms with van der Waals surface area (Å²) in [6.07, 6.45) is 12.1. The van der Waals surface area contributed by atoms with Crippen molar-refractivity contribution in [3.63, 3.8) is 0 Å². The first-order valence-corrected chi connectivity index (χ1v) is 13.1. The number of fused-ring (bicyclic) bond motifs is 7. The summed E-state index contributed by atoms with van der Waals surface area (Å²) in [6.45, 7) is 5.56. The summed E-state index contributed by atoms with van der Waals surface area (Å²) in [5, 5.41) is 23.6. The average Bonchev–Trinajstić information content (AvgIpc) is 3.57. The van der Waals surface area contributed by atoms with Crippen molar-refractivity contribution >= 4 is 0 Å². The highest BCUT2D eigenvalue weighted by Gasteiger charge is 2.76. The van der Waals surface area contributed by atoms with E-state index in [0.717, 1.165) is 44.1 Å². The second-order valence-electron chi connectivity index (χ2n) is 12.1. The van der Waals surface area contributed by atoms with Crippen LogP contribution in [0.4, 0.5) is 0 Å². The Kier molecular flexibility index (Phi) is 4.94. The van der Waals surface area contributed by atoms with E-state index in [2.05, 4.69) is 50.0 Å². The minimum absolute atomic E-state index is 0.0337. The largest absolute Gasteiger partial charge is 0.385 e. The van der Waals surface area contributed by atoms with Gasteiger partial charge in [-0.3, -0.25) is 0 Å². The van der Waals surface area contributed by atoms with E-state index in [0.29, 0.717) is 42.8 Å². The van der Waals surface area contributed by atoms with Crippen molar-refractivity contribution in [2.75, 3.05) is 6.61 Å². The molecule has 5 aliphatic rings. The lowest BCUT2D eigenvalue weighted by atomic mass is 9.44. The van der Waals surface area contributed by atoms with Crippen LogP contribution in [0.2, 0.25) is 0 Å². The van der Waals surface area contributed by atoms with Gasteiger partial charge in [-0.2, -0.15) is 0 Å². The highest BCUT2D eigenvalue weighted by Crippen LogP contribution is 2.76. The smallest absolute Gasteiger partial charge is 0.134 e. The van der Waals surface area contributed by atoms with Crippen LogP contribution in [0.15, 0.2) is 42.5 Å². The Morgan fingerprint density at radius 3 is 2.61 bits per heavy atom. The summed E-state index contributed by atoms with van der Waals surface area (Å²) in [7, 11) is 0. The highest BCUT2D eigenvalue weighted by atomic mass is 16.5. The van der Waals surface area contributed by atoms with E-state index in [1.807, 2.05) is 18.2 Å². The Morgan fingerprint density at radius 1 is 1.00 bits per heavy atom. The topological polar surface area (TPSA) is 49.7 Å². The number of hydrogen-bond acceptors (Lipinski definition) is 3. The van der Waals surface area contributed by atoms with Crippen LogP contribution in [0.5, 0.6) is 0 Å².